The van der Waals surface area contributed by atoms with Crippen molar-refractivity contribution in [3.63, 3.8) is 0 Å². The van der Waals surface area contributed by atoms with E-state index in [1.165, 1.54) is 0 Å². The predicted octanol–water partition coefficient (Wildman–Crippen LogP) is 2.20. The first-order valence-electron chi connectivity index (χ1n) is 7.61. The molecule has 0 aliphatic heterocycles. The van der Waals surface area contributed by atoms with Gasteiger partial charge in [0.05, 0.1) is 0 Å². The second-order valence-electron chi connectivity index (χ2n) is 6.37. The number of amides is 2. The molecule has 1 atom stereocenters. The third-order valence-corrected chi connectivity index (χ3v) is 3.52. The van der Waals surface area contributed by atoms with Crippen molar-refractivity contribution in [3.05, 3.63) is 29.8 Å². The van der Waals surface area contributed by atoms with Gasteiger partial charge in [0.1, 0.15) is 0 Å². The number of hydrogen-bond donors (Lipinski definition) is 3. The lowest BCUT2D eigenvalue weighted by Gasteiger charge is -2.19. The van der Waals surface area contributed by atoms with Crippen LogP contribution in [0.5, 0.6) is 0 Å². The van der Waals surface area contributed by atoms with E-state index >= 15 is 0 Å². The van der Waals surface area contributed by atoms with Gasteiger partial charge >= 0.3 is 11.8 Å². The Morgan fingerprint density at radius 3 is 2.18 bits per heavy atom. The standard InChI is InChI=1S/C17H26N2O3/c1-5-13(10-11-20)18-15(21)16(22)19-14-8-6-12(7-9-14)17(2,3)4/h6-9,13,20H,5,10-11H2,1-4H3,(H,18,21)(H,19,22). The molecule has 22 heavy (non-hydrogen) atoms. The molecule has 3 N–H and O–H groups in total. The molecule has 2 amide bonds. The Morgan fingerprint density at radius 1 is 1.14 bits per heavy atom. The van der Waals surface area contributed by atoms with Crippen molar-refractivity contribution in [1.29, 1.82) is 0 Å². The van der Waals surface area contributed by atoms with Gasteiger partial charge in [-0.15, -0.1) is 0 Å². The number of benzene rings is 1. The van der Waals surface area contributed by atoms with Crippen LogP contribution in [-0.4, -0.2) is 29.6 Å². The normalized spacial score (nSPS) is 12.6. The molecule has 0 fully saturated rings. The van der Waals surface area contributed by atoms with Gasteiger partial charge in [-0.05, 0) is 36.0 Å². The zero-order chi connectivity index (χ0) is 16.8. The van der Waals surface area contributed by atoms with Crippen LogP contribution in [0.15, 0.2) is 24.3 Å². The number of rotatable bonds is 5. The minimum Gasteiger partial charge on any atom is -0.396 e. The maximum atomic E-state index is 11.9. The Morgan fingerprint density at radius 2 is 1.73 bits per heavy atom. The third kappa shape index (κ3) is 5.48. The molecule has 0 saturated carbocycles. The van der Waals surface area contributed by atoms with Crippen LogP contribution in [0.4, 0.5) is 5.69 Å². The zero-order valence-electron chi connectivity index (χ0n) is 13.8. The predicted molar refractivity (Wildman–Crippen MR) is 87.7 cm³/mol. The van der Waals surface area contributed by atoms with Crippen LogP contribution < -0.4 is 10.6 Å². The highest BCUT2D eigenvalue weighted by Gasteiger charge is 2.18. The largest absolute Gasteiger partial charge is 0.396 e. The summed E-state index contributed by atoms with van der Waals surface area (Å²) in [6, 6.07) is 7.27. The Balaban J connectivity index is 2.62. The average molecular weight is 306 g/mol. The summed E-state index contributed by atoms with van der Waals surface area (Å²) in [4.78, 5) is 23.7. The molecule has 1 rings (SSSR count). The van der Waals surface area contributed by atoms with Crippen LogP contribution in [0.3, 0.4) is 0 Å². The molecule has 122 valence electrons. The number of carbonyl (C=O) groups is 2. The van der Waals surface area contributed by atoms with Crippen molar-refractivity contribution >= 4 is 17.5 Å². The molecule has 1 aromatic rings. The van der Waals surface area contributed by atoms with Crippen LogP contribution in [0.25, 0.3) is 0 Å². The van der Waals surface area contributed by atoms with Gasteiger partial charge in [0, 0.05) is 18.3 Å². The van der Waals surface area contributed by atoms with Gasteiger partial charge in [0.25, 0.3) is 0 Å². The number of aliphatic hydroxyl groups excluding tert-OH is 1. The van der Waals surface area contributed by atoms with Crippen molar-refractivity contribution in [2.45, 2.75) is 52.0 Å². The fourth-order valence-corrected chi connectivity index (χ4v) is 2.03. The zero-order valence-corrected chi connectivity index (χ0v) is 13.8. The summed E-state index contributed by atoms with van der Waals surface area (Å²) in [6.45, 7) is 8.21. The molecular weight excluding hydrogens is 280 g/mol. The minimum atomic E-state index is -0.695. The highest BCUT2D eigenvalue weighted by Crippen LogP contribution is 2.23. The molecule has 5 nitrogen and oxygen atoms in total. The number of hydrogen-bond acceptors (Lipinski definition) is 3. The molecule has 0 aliphatic rings. The number of carbonyl (C=O) groups excluding carboxylic acids is 2. The highest BCUT2D eigenvalue weighted by atomic mass is 16.3. The molecule has 5 heteroatoms. The molecule has 0 bridgehead atoms. The smallest absolute Gasteiger partial charge is 0.313 e. The first-order valence-corrected chi connectivity index (χ1v) is 7.61. The van der Waals surface area contributed by atoms with Gasteiger partial charge in [0.2, 0.25) is 0 Å². The number of anilines is 1. The van der Waals surface area contributed by atoms with E-state index in [1.807, 2.05) is 19.1 Å². The molecule has 0 saturated heterocycles. The second-order valence-corrected chi connectivity index (χ2v) is 6.37. The first-order chi connectivity index (χ1) is 10.3. The van der Waals surface area contributed by atoms with Crippen molar-refractivity contribution in [3.8, 4) is 0 Å². The van der Waals surface area contributed by atoms with E-state index in [-0.39, 0.29) is 18.1 Å². The van der Waals surface area contributed by atoms with Crippen molar-refractivity contribution in [2.75, 3.05) is 11.9 Å². The summed E-state index contributed by atoms with van der Waals surface area (Å²) in [6.07, 6.45) is 1.11. The summed E-state index contributed by atoms with van der Waals surface area (Å²) >= 11 is 0. The lowest BCUT2D eigenvalue weighted by Crippen LogP contribution is -2.42. The van der Waals surface area contributed by atoms with Crippen LogP contribution in [-0.2, 0) is 15.0 Å². The molecule has 0 heterocycles. The van der Waals surface area contributed by atoms with E-state index in [2.05, 4.69) is 31.4 Å². The van der Waals surface area contributed by atoms with E-state index in [1.54, 1.807) is 12.1 Å². The van der Waals surface area contributed by atoms with Gasteiger partial charge in [-0.2, -0.15) is 0 Å². The van der Waals surface area contributed by atoms with Gasteiger partial charge in [-0.25, -0.2) is 0 Å². The Bertz CT molecular complexity index is 504. The van der Waals surface area contributed by atoms with E-state index < -0.39 is 11.8 Å². The number of aliphatic hydroxyl groups is 1. The molecule has 0 aliphatic carbocycles. The SMILES string of the molecule is CCC(CCO)NC(=O)C(=O)Nc1ccc(C(C)(C)C)cc1. The Kier molecular flexibility index (Phi) is 6.56. The molecular formula is C17H26N2O3. The van der Waals surface area contributed by atoms with E-state index in [4.69, 9.17) is 5.11 Å². The van der Waals surface area contributed by atoms with Crippen molar-refractivity contribution in [1.82, 2.24) is 5.32 Å². The van der Waals surface area contributed by atoms with Crippen molar-refractivity contribution < 1.29 is 14.7 Å². The average Bonchev–Trinajstić information content (AvgIpc) is 2.46. The quantitative estimate of drug-likeness (QED) is 0.730. The molecule has 1 aromatic carbocycles. The summed E-state index contributed by atoms with van der Waals surface area (Å²) in [5, 5.41) is 14.1. The fourth-order valence-electron chi connectivity index (χ4n) is 2.03. The summed E-state index contributed by atoms with van der Waals surface area (Å²) in [5.41, 5.74) is 1.78. The molecule has 0 aromatic heterocycles. The van der Waals surface area contributed by atoms with E-state index in [9.17, 15) is 9.59 Å². The summed E-state index contributed by atoms with van der Waals surface area (Å²) in [5.74, 6) is -1.37. The minimum absolute atomic E-state index is 0.0192. The molecule has 0 radical (unpaired) electrons. The van der Waals surface area contributed by atoms with Gasteiger partial charge in [0.15, 0.2) is 0 Å². The summed E-state index contributed by atoms with van der Waals surface area (Å²) < 4.78 is 0. The maximum absolute atomic E-state index is 11.9. The Labute approximate surface area is 132 Å². The topological polar surface area (TPSA) is 78.4 Å². The fraction of sp³-hybridized carbons (Fsp3) is 0.529. The lowest BCUT2D eigenvalue weighted by molar-refractivity contribution is -0.136. The van der Waals surface area contributed by atoms with Crippen molar-refractivity contribution in [2.24, 2.45) is 0 Å². The lowest BCUT2D eigenvalue weighted by atomic mass is 9.87. The number of nitrogens with one attached hydrogen (secondary N) is 2. The van der Waals surface area contributed by atoms with E-state index in [0.29, 0.717) is 18.5 Å². The Hall–Kier alpha value is -1.88. The van der Waals surface area contributed by atoms with Crippen LogP contribution in [0.1, 0.15) is 46.1 Å². The summed E-state index contributed by atoms with van der Waals surface area (Å²) in [7, 11) is 0. The van der Waals surface area contributed by atoms with Gasteiger partial charge < -0.3 is 15.7 Å². The monoisotopic (exact) mass is 306 g/mol. The maximum Gasteiger partial charge on any atom is 0.313 e. The van der Waals surface area contributed by atoms with Crippen LogP contribution in [0.2, 0.25) is 0 Å². The molecule has 1 unspecified atom stereocenters. The first kappa shape index (κ1) is 18.2. The second kappa shape index (κ2) is 7.94. The highest BCUT2D eigenvalue weighted by molar-refractivity contribution is 6.39. The van der Waals surface area contributed by atoms with E-state index in [0.717, 1.165) is 5.56 Å². The van der Waals surface area contributed by atoms with Crippen LogP contribution in [0, 0.1) is 0 Å². The van der Waals surface area contributed by atoms with Crippen LogP contribution >= 0.6 is 0 Å². The van der Waals surface area contributed by atoms with Gasteiger partial charge in [-0.1, -0.05) is 39.8 Å². The molecule has 0 spiro atoms. The van der Waals surface area contributed by atoms with Gasteiger partial charge in [-0.3, -0.25) is 9.59 Å². The third-order valence-electron chi connectivity index (χ3n) is 3.52.